The maximum Gasteiger partial charge on any atom is 0.232 e. The van der Waals surface area contributed by atoms with Gasteiger partial charge in [0.1, 0.15) is 5.02 Å². The molecule has 0 bridgehead atoms. The van der Waals surface area contributed by atoms with E-state index in [0.29, 0.717) is 23.4 Å². The number of aromatic nitrogens is 1. The van der Waals surface area contributed by atoms with Crippen molar-refractivity contribution >= 4 is 11.6 Å². The molecule has 16 heavy (non-hydrogen) atoms. The lowest BCUT2D eigenvalue weighted by Crippen LogP contribution is -2.12. The average Bonchev–Trinajstić information content (AvgIpc) is 2.24. The molecule has 0 aliphatic heterocycles. The van der Waals surface area contributed by atoms with Crippen LogP contribution >= 0.6 is 11.6 Å². The van der Waals surface area contributed by atoms with E-state index >= 15 is 0 Å². The van der Waals surface area contributed by atoms with E-state index in [1.54, 1.807) is 6.20 Å². The van der Waals surface area contributed by atoms with Gasteiger partial charge in [-0.2, -0.15) is 0 Å². The van der Waals surface area contributed by atoms with E-state index in [4.69, 9.17) is 16.3 Å². The Morgan fingerprint density at radius 3 is 2.81 bits per heavy atom. The molecule has 3 nitrogen and oxygen atoms in total. The number of ether oxygens (including phenoxy) is 1. The fourth-order valence-electron chi connectivity index (χ4n) is 1.18. The predicted molar refractivity (Wildman–Crippen MR) is 67.0 cm³/mol. The first-order valence-corrected chi connectivity index (χ1v) is 5.99. The minimum atomic E-state index is 0.472. The first-order chi connectivity index (χ1) is 7.63. The highest BCUT2D eigenvalue weighted by Gasteiger charge is 2.05. The molecule has 0 aromatic carbocycles. The number of nitrogens with one attached hydrogen (secondary N) is 1. The molecule has 1 rings (SSSR count). The molecule has 0 aliphatic carbocycles. The van der Waals surface area contributed by atoms with Gasteiger partial charge in [0.25, 0.3) is 0 Å². The molecule has 0 amide bonds. The monoisotopic (exact) mass is 242 g/mol. The lowest BCUT2D eigenvalue weighted by molar-refractivity contribution is 0.261. The highest BCUT2D eigenvalue weighted by atomic mass is 35.5. The Hall–Kier alpha value is -0.800. The Morgan fingerprint density at radius 2 is 2.25 bits per heavy atom. The van der Waals surface area contributed by atoms with Crippen LogP contribution in [0.1, 0.15) is 26.3 Å². The minimum absolute atomic E-state index is 0.472. The third-order valence-corrected chi connectivity index (χ3v) is 2.27. The molecule has 0 fully saturated rings. The van der Waals surface area contributed by atoms with E-state index < -0.39 is 0 Å². The lowest BCUT2D eigenvalue weighted by Gasteiger charge is -2.10. The van der Waals surface area contributed by atoms with Gasteiger partial charge in [-0.15, -0.1) is 0 Å². The second kappa shape index (κ2) is 6.71. The number of pyridine rings is 1. The molecule has 0 spiro atoms. The molecule has 0 radical (unpaired) electrons. The molecule has 0 unspecified atom stereocenters. The maximum atomic E-state index is 6.08. The third-order valence-electron chi connectivity index (χ3n) is 2.00. The van der Waals surface area contributed by atoms with Gasteiger partial charge in [0, 0.05) is 12.7 Å². The fraction of sp³-hybridized carbons (Fsp3) is 0.583. The van der Waals surface area contributed by atoms with Gasteiger partial charge in [-0.05, 0) is 24.1 Å². The zero-order chi connectivity index (χ0) is 12.0. The lowest BCUT2D eigenvalue weighted by atomic mass is 10.2. The molecule has 1 heterocycles. The summed E-state index contributed by atoms with van der Waals surface area (Å²) in [6, 6.07) is 1.90. The van der Waals surface area contributed by atoms with Gasteiger partial charge in [-0.1, -0.05) is 32.4 Å². The van der Waals surface area contributed by atoms with Crippen molar-refractivity contribution in [3.05, 3.63) is 22.8 Å². The summed E-state index contributed by atoms with van der Waals surface area (Å²) in [7, 11) is 0. The molecule has 90 valence electrons. The topological polar surface area (TPSA) is 34.2 Å². The standard InChI is InChI=1S/C12H19ClN2O/c1-4-14-6-10-5-11(13)12(15-7-10)16-8-9(2)3/h5,7,9,14H,4,6,8H2,1-3H3. The van der Waals surface area contributed by atoms with Crippen LogP contribution < -0.4 is 10.1 Å². The van der Waals surface area contributed by atoms with Crippen LogP contribution in [0.5, 0.6) is 5.88 Å². The van der Waals surface area contributed by atoms with Gasteiger partial charge in [0.05, 0.1) is 6.61 Å². The highest BCUT2D eigenvalue weighted by molar-refractivity contribution is 6.31. The predicted octanol–water partition coefficient (Wildman–Crippen LogP) is 2.88. The van der Waals surface area contributed by atoms with Gasteiger partial charge >= 0.3 is 0 Å². The van der Waals surface area contributed by atoms with Crippen LogP contribution in [-0.4, -0.2) is 18.1 Å². The van der Waals surface area contributed by atoms with E-state index in [0.717, 1.165) is 18.7 Å². The van der Waals surface area contributed by atoms with Crippen LogP contribution in [0, 0.1) is 5.92 Å². The Kier molecular flexibility index (Phi) is 5.56. The molecular formula is C12H19ClN2O. The zero-order valence-corrected chi connectivity index (χ0v) is 10.8. The Labute approximate surface area is 102 Å². The van der Waals surface area contributed by atoms with E-state index in [1.807, 2.05) is 6.07 Å². The summed E-state index contributed by atoms with van der Waals surface area (Å²) >= 11 is 6.08. The van der Waals surface area contributed by atoms with Crippen molar-refractivity contribution in [3.8, 4) is 5.88 Å². The van der Waals surface area contributed by atoms with Gasteiger partial charge < -0.3 is 10.1 Å². The van der Waals surface area contributed by atoms with Crippen LogP contribution in [0.3, 0.4) is 0 Å². The van der Waals surface area contributed by atoms with E-state index in [1.165, 1.54) is 0 Å². The average molecular weight is 243 g/mol. The molecule has 1 N–H and O–H groups in total. The SMILES string of the molecule is CCNCc1cnc(OCC(C)C)c(Cl)c1. The fourth-order valence-corrected chi connectivity index (χ4v) is 1.43. The number of nitrogens with zero attached hydrogens (tertiary/aromatic N) is 1. The normalized spacial score (nSPS) is 10.8. The molecule has 0 saturated carbocycles. The molecule has 0 saturated heterocycles. The molecule has 4 heteroatoms. The van der Waals surface area contributed by atoms with Gasteiger partial charge in [-0.25, -0.2) is 4.98 Å². The van der Waals surface area contributed by atoms with E-state index in [2.05, 4.69) is 31.1 Å². The zero-order valence-electron chi connectivity index (χ0n) is 10.1. The second-order valence-corrected chi connectivity index (χ2v) is 4.52. The largest absolute Gasteiger partial charge is 0.476 e. The van der Waals surface area contributed by atoms with E-state index in [-0.39, 0.29) is 0 Å². The molecule has 0 aliphatic rings. The number of hydrogen-bond acceptors (Lipinski definition) is 3. The highest BCUT2D eigenvalue weighted by Crippen LogP contribution is 2.22. The Morgan fingerprint density at radius 1 is 1.50 bits per heavy atom. The Balaban J connectivity index is 2.60. The van der Waals surface area contributed by atoms with Crippen molar-refractivity contribution in [1.29, 1.82) is 0 Å². The summed E-state index contributed by atoms with van der Waals surface area (Å²) in [4.78, 5) is 4.21. The summed E-state index contributed by atoms with van der Waals surface area (Å²) in [6.45, 7) is 8.60. The van der Waals surface area contributed by atoms with Crippen molar-refractivity contribution in [2.24, 2.45) is 5.92 Å². The molecule has 1 aromatic heterocycles. The van der Waals surface area contributed by atoms with Crippen molar-refractivity contribution in [2.45, 2.75) is 27.3 Å². The smallest absolute Gasteiger partial charge is 0.232 e. The van der Waals surface area contributed by atoms with Gasteiger partial charge in [0.2, 0.25) is 5.88 Å². The van der Waals surface area contributed by atoms with Crippen LogP contribution in [0.25, 0.3) is 0 Å². The van der Waals surface area contributed by atoms with Crippen LogP contribution in [-0.2, 0) is 6.54 Å². The molecule has 0 atom stereocenters. The van der Waals surface area contributed by atoms with Crippen molar-refractivity contribution in [1.82, 2.24) is 10.3 Å². The third kappa shape index (κ3) is 4.37. The second-order valence-electron chi connectivity index (χ2n) is 4.12. The van der Waals surface area contributed by atoms with Crippen molar-refractivity contribution < 1.29 is 4.74 Å². The minimum Gasteiger partial charge on any atom is -0.476 e. The maximum absolute atomic E-state index is 6.08. The first-order valence-electron chi connectivity index (χ1n) is 5.61. The summed E-state index contributed by atoms with van der Waals surface area (Å²) < 4.78 is 5.49. The number of rotatable bonds is 6. The van der Waals surface area contributed by atoms with Crippen molar-refractivity contribution in [3.63, 3.8) is 0 Å². The van der Waals surface area contributed by atoms with Crippen LogP contribution in [0.4, 0.5) is 0 Å². The van der Waals surface area contributed by atoms with Crippen LogP contribution in [0.2, 0.25) is 5.02 Å². The van der Waals surface area contributed by atoms with Crippen LogP contribution in [0.15, 0.2) is 12.3 Å². The summed E-state index contributed by atoms with van der Waals surface area (Å²) in [6.07, 6.45) is 1.80. The summed E-state index contributed by atoms with van der Waals surface area (Å²) in [5, 5.41) is 3.80. The number of halogens is 1. The van der Waals surface area contributed by atoms with Gasteiger partial charge in [0.15, 0.2) is 0 Å². The molecular weight excluding hydrogens is 224 g/mol. The Bertz CT molecular complexity index is 329. The van der Waals surface area contributed by atoms with E-state index in [9.17, 15) is 0 Å². The first kappa shape index (κ1) is 13.3. The quantitative estimate of drug-likeness (QED) is 0.833. The summed E-state index contributed by atoms with van der Waals surface area (Å²) in [5.41, 5.74) is 1.07. The van der Waals surface area contributed by atoms with Gasteiger partial charge in [-0.3, -0.25) is 0 Å². The van der Waals surface area contributed by atoms with Crippen molar-refractivity contribution in [2.75, 3.05) is 13.2 Å². The number of hydrogen-bond donors (Lipinski definition) is 1. The molecule has 1 aromatic rings. The summed E-state index contributed by atoms with van der Waals surface area (Å²) in [5.74, 6) is 0.995.